The Labute approximate surface area is 134 Å². The van der Waals surface area contributed by atoms with Crippen LogP contribution in [0.2, 0.25) is 0 Å². The van der Waals surface area contributed by atoms with E-state index < -0.39 is 0 Å². The summed E-state index contributed by atoms with van der Waals surface area (Å²) < 4.78 is 1.85. The number of rotatable bonds is 3. The van der Waals surface area contributed by atoms with Crippen molar-refractivity contribution in [3.63, 3.8) is 0 Å². The Morgan fingerprint density at radius 2 is 2.00 bits per heavy atom. The van der Waals surface area contributed by atoms with Gasteiger partial charge in [0.25, 0.3) is 0 Å². The van der Waals surface area contributed by atoms with Gasteiger partial charge in [0.15, 0.2) is 0 Å². The second-order valence-electron chi connectivity index (χ2n) is 5.68. The molecule has 114 valence electrons. The van der Waals surface area contributed by atoms with Crippen LogP contribution in [-0.4, -0.2) is 20.7 Å². The fraction of sp³-hybridized carbons (Fsp3) is 0.167. The number of anilines is 1. The lowest BCUT2D eigenvalue weighted by Crippen LogP contribution is -2.25. The zero-order chi connectivity index (χ0) is 15.6. The van der Waals surface area contributed by atoms with Crippen LogP contribution in [0.15, 0.2) is 61.1 Å². The highest BCUT2D eigenvalue weighted by Crippen LogP contribution is 2.36. The summed E-state index contributed by atoms with van der Waals surface area (Å²) in [5.41, 5.74) is 3.24. The molecule has 1 atom stereocenters. The zero-order valence-corrected chi connectivity index (χ0v) is 12.5. The summed E-state index contributed by atoms with van der Waals surface area (Å²) in [6, 6.07) is 14.0. The summed E-state index contributed by atoms with van der Waals surface area (Å²) in [5, 5.41) is 7.45. The smallest absolute Gasteiger partial charge is 0.226 e. The molecule has 0 bridgehead atoms. The molecule has 1 aliphatic heterocycles. The van der Waals surface area contributed by atoms with Gasteiger partial charge in [0.2, 0.25) is 5.91 Å². The first-order chi connectivity index (χ1) is 11.3. The van der Waals surface area contributed by atoms with Gasteiger partial charge in [-0.15, -0.1) is 0 Å². The average molecular weight is 304 g/mol. The highest BCUT2D eigenvalue weighted by Gasteiger charge is 2.29. The lowest BCUT2D eigenvalue weighted by Gasteiger charge is -2.23. The summed E-state index contributed by atoms with van der Waals surface area (Å²) in [6.07, 6.45) is 5.85. The van der Waals surface area contributed by atoms with Gasteiger partial charge in [-0.3, -0.25) is 9.78 Å². The Morgan fingerprint density at radius 3 is 2.78 bits per heavy atom. The van der Waals surface area contributed by atoms with E-state index in [1.807, 2.05) is 47.4 Å². The molecule has 5 nitrogen and oxygen atoms in total. The van der Waals surface area contributed by atoms with Gasteiger partial charge in [0.1, 0.15) is 5.82 Å². The number of hydrogen-bond donors (Lipinski definition) is 1. The molecule has 0 saturated heterocycles. The third kappa shape index (κ3) is 2.61. The highest BCUT2D eigenvalue weighted by molar-refractivity contribution is 5.94. The lowest BCUT2D eigenvalue weighted by atomic mass is 9.88. The van der Waals surface area contributed by atoms with Gasteiger partial charge in [0.05, 0.1) is 12.7 Å². The van der Waals surface area contributed by atoms with Crippen molar-refractivity contribution >= 4 is 11.7 Å². The van der Waals surface area contributed by atoms with Crippen LogP contribution >= 0.6 is 0 Å². The fourth-order valence-corrected chi connectivity index (χ4v) is 3.03. The topological polar surface area (TPSA) is 59.8 Å². The molecule has 0 saturated carbocycles. The first kappa shape index (κ1) is 13.7. The predicted molar refractivity (Wildman–Crippen MR) is 87.1 cm³/mol. The van der Waals surface area contributed by atoms with Crippen molar-refractivity contribution in [3.8, 4) is 0 Å². The summed E-state index contributed by atoms with van der Waals surface area (Å²) >= 11 is 0. The summed E-state index contributed by atoms with van der Waals surface area (Å²) in [5.74, 6) is 0.817. The minimum atomic E-state index is 0.0111. The largest absolute Gasteiger partial charge is 0.311 e. The van der Waals surface area contributed by atoms with Crippen LogP contribution in [0.3, 0.4) is 0 Å². The monoisotopic (exact) mass is 304 g/mol. The van der Waals surface area contributed by atoms with Crippen LogP contribution < -0.4 is 5.32 Å². The van der Waals surface area contributed by atoms with Gasteiger partial charge in [-0.25, -0.2) is 4.68 Å². The van der Waals surface area contributed by atoms with E-state index in [0.29, 0.717) is 13.0 Å². The molecule has 4 rings (SSSR count). The van der Waals surface area contributed by atoms with E-state index in [1.54, 1.807) is 6.20 Å². The number of benzene rings is 1. The van der Waals surface area contributed by atoms with Crippen molar-refractivity contribution in [2.75, 3.05) is 5.32 Å². The normalized spacial score (nSPS) is 16.7. The van der Waals surface area contributed by atoms with Crippen molar-refractivity contribution in [2.45, 2.75) is 18.9 Å². The standard InChI is InChI=1S/C18H16N4O/c23-17-9-15(14-7-4-8-19-10-14)16-11-20-22(18(16)21-17)12-13-5-2-1-3-6-13/h1-8,10-11,15H,9,12H2,(H,21,23)/t15-/m0/s1. The fourth-order valence-electron chi connectivity index (χ4n) is 3.03. The van der Waals surface area contributed by atoms with E-state index in [-0.39, 0.29) is 11.8 Å². The van der Waals surface area contributed by atoms with Crippen LogP contribution in [0.25, 0.3) is 0 Å². The van der Waals surface area contributed by atoms with Crippen molar-refractivity contribution in [3.05, 3.63) is 77.7 Å². The van der Waals surface area contributed by atoms with Crippen molar-refractivity contribution in [1.29, 1.82) is 0 Å². The van der Waals surface area contributed by atoms with Crippen LogP contribution in [0.1, 0.15) is 29.0 Å². The Morgan fingerprint density at radius 1 is 1.13 bits per heavy atom. The number of amides is 1. The number of fused-ring (bicyclic) bond motifs is 1. The van der Waals surface area contributed by atoms with Gasteiger partial charge < -0.3 is 5.32 Å². The van der Waals surface area contributed by atoms with E-state index >= 15 is 0 Å². The van der Waals surface area contributed by atoms with Crippen LogP contribution in [0.4, 0.5) is 5.82 Å². The Bertz CT molecular complexity index is 827. The maximum Gasteiger partial charge on any atom is 0.226 e. The predicted octanol–water partition coefficient (Wildman–Crippen LogP) is 2.80. The minimum Gasteiger partial charge on any atom is -0.311 e. The van der Waals surface area contributed by atoms with Crippen molar-refractivity contribution < 1.29 is 4.79 Å². The maximum atomic E-state index is 12.1. The van der Waals surface area contributed by atoms with Crippen molar-refractivity contribution in [2.24, 2.45) is 0 Å². The maximum absolute atomic E-state index is 12.1. The lowest BCUT2D eigenvalue weighted by molar-refractivity contribution is -0.116. The van der Waals surface area contributed by atoms with E-state index in [0.717, 1.165) is 22.5 Å². The molecule has 1 amide bonds. The number of carbonyl (C=O) groups is 1. The van der Waals surface area contributed by atoms with Gasteiger partial charge in [-0.1, -0.05) is 36.4 Å². The summed E-state index contributed by atoms with van der Waals surface area (Å²) in [6.45, 7) is 0.635. The third-order valence-electron chi connectivity index (χ3n) is 4.15. The van der Waals surface area contributed by atoms with Crippen LogP contribution in [-0.2, 0) is 11.3 Å². The molecule has 5 heteroatoms. The molecule has 1 aromatic carbocycles. The zero-order valence-electron chi connectivity index (χ0n) is 12.5. The van der Waals surface area contributed by atoms with Crippen LogP contribution in [0.5, 0.6) is 0 Å². The molecule has 0 unspecified atom stereocenters. The van der Waals surface area contributed by atoms with Crippen molar-refractivity contribution in [1.82, 2.24) is 14.8 Å². The number of carbonyl (C=O) groups excluding carboxylic acids is 1. The summed E-state index contributed by atoms with van der Waals surface area (Å²) in [7, 11) is 0. The molecule has 0 aliphatic carbocycles. The van der Waals surface area contributed by atoms with Gasteiger partial charge in [0, 0.05) is 30.3 Å². The molecule has 23 heavy (non-hydrogen) atoms. The van der Waals surface area contributed by atoms with E-state index in [9.17, 15) is 4.79 Å². The first-order valence-corrected chi connectivity index (χ1v) is 7.60. The molecule has 0 fully saturated rings. The molecule has 0 radical (unpaired) electrons. The van der Waals surface area contributed by atoms with E-state index in [2.05, 4.69) is 27.5 Å². The van der Waals surface area contributed by atoms with Gasteiger partial charge in [-0.2, -0.15) is 5.10 Å². The summed E-state index contributed by atoms with van der Waals surface area (Å²) in [4.78, 5) is 16.3. The molecular weight excluding hydrogens is 288 g/mol. The second kappa shape index (κ2) is 5.68. The number of pyridine rings is 1. The number of hydrogen-bond acceptors (Lipinski definition) is 3. The molecular formula is C18H16N4O. The quantitative estimate of drug-likeness (QED) is 0.809. The Kier molecular flexibility index (Phi) is 3.38. The Balaban J connectivity index is 1.71. The second-order valence-corrected chi connectivity index (χ2v) is 5.68. The molecule has 2 aromatic heterocycles. The number of nitrogens with zero attached hydrogens (tertiary/aromatic N) is 3. The molecule has 3 heterocycles. The third-order valence-corrected chi connectivity index (χ3v) is 4.15. The van der Waals surface area contributed by atoms with Gasteiger partial charge >= 0.3 is 0 Å². The first-order valence-electron chi connectivity index (χ1n) is 7.60. The average Bonchev–Trinajstić information content (AvgIpc) is 2.99. The number of aromatic nitrogens is 3. The molecule has 1 aliphatic rings. The SMILES string of the molecule is O=C1C[C@@H](c2cccnc2)c2cnn(Cc3ccccc3)c2N1. The van der Waals surface area contributed by atoms with E-state index in [1.165, 1.54) is 0 Å². The minimum absolute atomic E-state index is 0.0111. The highest BCUT2D eigenvalue weighted by atomic mass is 16.1. The Hall–Kier alpha value is -2.95. The van der Waals surface area contributed by atoms with Gasteiger partial charge in [-0.05, 0) is 17.2 Å². The van der Waals surface area contributed by atoms with Crippen LogP contribution in [0, 0.1) is 0 Å². The molecule has 0 spiro atoms. The molecule has 1 N–H and O–H groups in total. The molecule has 3 aromatic rings. The van der Waals surface area contributed by atoms with E-state index in [4.69, 9.17) is 0 Å². The number of nitrogens with one attached hydrogen (secondary N) is 1.